The minimum atomic E-state index is -3.88. The van der Waals surface area contributed by atoms with E-state index in [0.717, 1.165) is 38.6 Å². The van der Waals surface area contributed by atoms with E-state index < -0.39 is 6.72 Å². The van der Waals surface area contributed by atoms with Gasteiger partial charge in [-0.15, -0.1) is 4.91 Å². The average Bonchev–Trinajstić information content (AvgIpc) is 3.53. The van der Waals surface area contributed by atoms with Gasteiger partial charge in [0.05, 0.1) is 24.8 Å². The van der Waals surface area contributed by atoms with Gasteiger partial charge in [-0.2, -0.15) is 0 Å². The first-order chi connectivity index (χ1) is 17.5. The van der Waals surface area contributed by atoms with Crippen LogP contribution in [-0.2, 0) is 18.6 Å². The fourth-order valence-corrected chi connectivity index (χ4v) is 6.55. The van der Waals surface area contributed by atoms with E-state index in [1.165, 1.54) is 25.6 Å². The number of carbonyl (C=O) groups excluding carboxylic acids is 1. The normalized spacial score (nSPS) is 19.5. The summed E-state index contributed by atoms with van der Waals surface area (Å²) in [7, 11) is 0. The molecule has 2 aromatic rings. The molecule has 0 aromatic carbocycles. The molecule has 0 radical (unpaired) electrons. The molecule has 0 saturated carbocycles. The molecule has 1 fully saturated rings. The molecule has 14 heteroatoms. The van der Waals surface area contributed by atoms with Crippen LogP contribution in [0.1, 0.15) is 76.9 Å². The number of anilines is 1. The van der Waals surface area contributed by atoms with Crippen molar-refractivity contribution in [1.29, 1.82) is 0 Å². The summed E-state index contributed by atoms with van der Waals surface area (Å²) in [5.41, 5.74) is 12.4. The molecule has 36 heavy (non-hydrogen) atoms. The zero-order valence-corrected chi connectivity index (χ0v) is 22.2. The highest BCUT2D eigenvalue weighted by molar-refractivity contribution is 8.56. The molecule has 3 heterocycles. The standard InChI is InChI=1S/C22H36N7O5PS/c23-12-8-6-4-2-1-3-5-7-9-17(30)14-36-35(32,28-31)33-13-18-10-11-19(34-18)29-16-27-20-21(24)25-15-26-22(20)29/h15-16,18-19H,1-14,23H2,(H2,24,25,26)/t18-,19+,35?/m0/s1. The Morgan fingerprint density at radius 3 is 2.58 bits per heavy atom. The summed E-state index contributed by atoms with van der Waals surface area (Å²) in [4.78, 5) is 38.5. The van der Waals surface area contributed by atoms with E-state index in [0.29, 0.717) is 41.8 Å². The molecule has 3 atom stereocenters. The third-order valence-corrected chi connectivity index (χ3v) is 9.44. The first-order valence-electron chi connectivity index (χ1n) is 12.5. The molecule has 4 N–H and O–H groups in total. The molecule has 1 unspecified atom stereocenters. The summed E-state index contributed by atoms with van der Waals surface area (Å²) in [5.74, 6) is 0.175. The number of Topliss-reactive ketones (excluding diaryl/α,β-unsaturated/α-hetero) is 1. The Labute approximate surface area is 214 Å². The third-order valence-electron chi connectivity index (χ3n) is 6.10. The van der Waals surface area contributed by atoms with Crippen molar-refractivity contribution < 1.29 is 18.6 Å². The van der Waals surface area contributed by atoms with E-state index in [1.807, 2.05) is 0 Å². The maximum atomic E-state index is 12.7. The smallest absolute Gasteiger partial charge is 0.382 e. The molecule has 2 aromatic heterocycles. The van der Waals surface area contributed by atoms with Crippen molar-refractivity contribution in [2.24, 2.45) is 10.7 Å². The zero-order chi connectivity index (χ0) is 25.8. The quantitative estimate of drug-likeness (QED) is 0.151. The summed E-state index contributed by atoms with van der Waals surface area (Å²) in [6.07, 6.45) is 12.6. The number of nitrogens with two attached hydrogens (primary N) is 2. The van der Waals surface area contributed by atoms with Crippen LogP contribution in [0.2, 0.25) is 0 Å². The van der Waals surface area contributed by atoms with E-state index >= 15 is 0 Å². The molecular weight excluding hydrogens is 505 g/mol. The SMILES string of the molecule is NCCCCCCCCCCC(=O)CSP(=O)(N=O)OC[C@@H]1CC[C@H](n2cnc3c(N)ncnc32)O1. The van der Waals surface area contributed by atoms with Crippen LogP contribution in [0.3, 0.4) is 0 Å². The molecule has 0 amide bonds. The first-order valence-corrected chi connectivity index (χ1v) is 15.7. The molecule has 0 aliphatic carbocycles. The van der Waals surface area contributed by atoms with Crippen molar-refractivity contribution in [2.45, 2.75) is 83.0 Å². The maximum absolute atomic E-state index is 12.7. The highest BCUT2D eigenvalue weighted by atomic mass is 32.7. The molecular formula is C22H36N7O5PS. The van der Waals surface area contributed by atoms with Crippen molar-refractivity contribution in [1.82, 2.24) is 19.5 Å². The zero-order valence-electron chi connectivity index (χ0n) is 20.5. The number of nitroso groups, excluding NO2 is 1. The third kappa shape index (κ3) is 8.58. The Bertz CT molecular complexity index is 1040. The second-order valence-corrected chi connectivity index (χ2v) is 13.0. The average molecular weight is 542 g/mol. The monoisotopic (exact) mass is 541 g/mol. The lowest BCUT2D eigenvalue weighted by atomic mass is 10.1. The Hall–Kier alpha value is -1.92. The molecule has 0 spiro atoms. The summed E-state index contributed by atoms with van der Waals surface area (Å²) in [6.45, 7) is -3.18. The molecule has 200 valence electrons. The van der Waals surface area contributed by atoms with E-state index in [4.69, 9.17) is 20.7 Å². The minimum absolute atomic E-state index is 0.0548. The van der Waals surface area contributed by atoms with Gasteiger partial charge in [0, 0.05) is 11.4 Å². The van der Waals surface area contributed by atoms with Crippen LogP contribution < -0.4 is 11.5 Å². The van der Waals surface area contributed by atoms with Crippen molar-refractivity contribution in [3.8, 4) is 0 Å². The fourth-order valence-electron chi connectivity index (χ4n) is 4.11. The van der Waals surface area contributed by atoms with Gasteiger partial charge in [0.25, 0.3) is 0 Å². The van der Waals surface area contributed by atoms with Gasteiger partial charge in [-0.05, 0) is 43.6 Å². The number of unbranched alkanes of at least 4 members (excludes halogenated alkanes) is 7. The van der Waals surface area contributed by atoms with Gasteiger partial charge in [-0.25, -0.2) is 15.0 Å². The van der Waals surface area contributed by atoms with Crippen LogP contribution in [0.25, 0.3) is 11.2 Å². The van der Waals surface area contributed by atoms with Gasteiger partial charge >= 0.3 is 6.72 Å². The minimum Gasteiger partial charge on any atom is -0.382 e. The number of ether oxygens (including phenoxy) is 1. The topological polar surface area (TPSA) is 178 Å². The summed E-state index contributed by atoms with van der Waals surface area (Å²) < 4.78 is 25.8. The van der Waals surface area contributed by atoms with Crippen LogP contribution in [-0.4, -0.2) is 50.3 Å². The van der Waals surface area contributed by atoms with Gasteiger partial charge in [0.1, 0.15) is 23.9 Å². The van der Waals surface area contributed by atoms with Gasteiger partial charge in [0.15, 0.2) is 11.5 Å². The first kappa shape index (κ1) is 28.6. The predicted molar refractivity (Wildman–Crippen MR) is 140 cm³/mol. The number of nitrogens with zero attached hydrogens (tertiary/aromatic N) is 5. The van der Waals surface area contributed by atoms with E-state index in [2.05, 4.69) is 19.9 Å². The van der Waals surface area contributed by atoms with E-state index in [9.17, 15) is 14.3 Å². The van der Waals surface area contributed by atoms with Crippen LogP contribution in [0, 0.1) is 4.91 Å². The highest BCUT2D eigenvalue weighted by Gasteiger charge is 2.33. The number of aromatic nitrogens is 4. The number of rotatable bonds is 18. The second-order valence-electron chi connectivity index (χ2n) is 8.90. The van der Waals surface area contributed by atoms with Crippen molar-refractivity contribution in [3.05, 3.63) is 17.6 Å². The van der Waals surface area contributed by atoms with Gasteiger partial charge in [0.2, 0.25) is 0 Å². The summed E-state index contributed by atoms with van der Waals surface area (Å²) in [6, 6.07) is 0. The van der Waals surface area contributed by atoms with Crippen molar-refractivity contribution in [3.63, 3.8) is 0 Å². The Morgan fingerprint density at radius 1 is 1.14 bits per heavy atom. The molecule has 0 bridgehead atoms. The summed E-state index contributed by atoms with van der Waals surface area (Å²) >= 11 is 0.690. The fraction of sp³-hybridized carbons (Fsp3) is 0.727. The largest absolute Gasteiger partial charge is 0.409 e. The second kappa shape index (κ2) is 14.7. The predicted octanol–water partition coefficient (Wildman–Crippen LogP) is 4.75. The van der Waals surface area contributed by atoms with Crippen molar-refractivity contribution >= 4 is 40.9 Å². The number of hydrogen-bond donors (Lipinski definition) is 2. The maximum Gasteiger partial charge on any atom is 0.409 e. The van der Waals surface area contributed by atoms with Gasteiger partial charge in [-0.3, -0.25) is 18.5 Å². The van der Waals surface area contributed by atoms with Crippen LogP contribution >= 0.6 is 18.1 Å². The molecule has 1 aliphatic heterocycles. The van der Waals surface area contributed by atoms with Crippen LogP contribution in [0.15, 0.2) is 17.6 Å². The van der Waals surface area contributed by atoms with Crippen molar-refractivity contribution in [2.75, 3.05) is 24.6 Å². The van der Waals surface area contributed by atoms with E-state index in [-0.39, 0.29) is 36.3 Å². The lowest BCUT2D eigenvalue weighted by Gasteiger charge is -2.16. The van der Waals surface area contributed by atoms with Crippen LogP contribution in [0.4, 0.5) is 5.82 Å². The Balaban J connectivity index is 1.33. The van der Waals surface area contributed by atoms with Gasteiger partial charge in [-0.1, -0.05) is 38.5 Å². The summed E-state index contributed by atoms with van der Waals surface area (Å²) in [5, 5.41) is 0. The lowest BCUT2D eigenvalue weighted by molar-refractivity contribution is -0.116. The number of carbonyl (C=O) groups is 1. The molecule has 3 rings (SSSR count). The van der Waals surface area contributed by atoms with E-state index in [1.54, 1.807) is 10.9 Å². The number of fused-ring (bicyclic) bond motifs is 1. The van der Waals surface area contributed by atoms with Gasteiger partial charge < -0.3 is 16.2 Å². The number of hydrogen-bond acceptors (Lipinski definition) is 11. The number of nitrogen functional groups attached to an aromatic ring is 1. The lowest BCUT2D eigenvalue weighted by Crippen LogP contribution is -2.16. The van der Waals surface area contributed by atoms with Crippen LogP contribution in [0.5, 0.6) is 0 Å². The molecule has 1 aliphatic rings. The Kier molecular flexibility index (Phi) is 11.7. The Morgan fingerprint density at radius 2 is 1.86 bits per heavy atom. The molecule has 12 nitrogen and oxygen atoms in total. The number of imidazole rings is 1. The number of ketones is 1. The highest BCUT2D eigenvalue weighted by Crippen LogP contribution is 2.61. The molecule has 1 saturated heterocycles.